The normalized spacial score (nSPS) is 43.2. The Labute approximate surface area is 108 Å². The summed E-state index contributed by atoms with van der Waals surface area (Å²) >= 11 is 0. The highest BCUT2D eigenvalue weighted by Crippen LogP contribution is 2.54. The molecule has 0 bridgehead atoms. The van der Waals surface area contributed by atoms with Crippen LogP contribution < -0.4 is 0 Å². The zero-order chi connectivity index (χ0) is 13.1. The molecule has 1 fully saturated rings. The molecule has 0 saturated heterocycles. The number of hydrogen-bond donors (Lipinski definition) is 1. The van der Waals surface area contributed by atoms with Gasteiger partial charge >= 0.3 is 5.97 Å². The number of carbonyl (C=O) groups excluding carboxylic acids is 1. The van der Waals surface area contributed by atoms with Gasteiger partial charge in [-0.3, -0.25) is 0 Å². The predicted molar refractivity (Wildman–Crippen MR) is 67.8 cm³/mol. The smallest absolute Gasteiger partial charge is 0.334 e. The zero-order valence-electron chi connectivity index (χ0n) is 11.2. The molecule has 3 aliphatic rings. The van der Waals surface area contributed by atoms with Gasteiger partial charge in [0.15, 0.2) is 0 Å². The van der Waals surface area contributed by atoms with E-state index in [0.717, 1.165) is 30.4 Å². The number of fused-ring (bicyclic) bond motifs is 2. The fourth-order valence-electron chi connectivity index (χ4n) is 3.86. The first-order valence-corrected chi connectivity index (χ1v) is 6.69. The molecule has 4 unspecified atom stereocenters. The van der Waals surface area contributed by atoms with Crippen molar-refractivity contribution < 1.29 is 14.6 Å². The minimum absolute atomic E-state index is 0.0979. The number of esters is 1. The molecule has 3 nitrogen and oxygen atoms in total. The van der Waals surface area contributed by atoms with Gasteiger partial charge in [-0.2, -0.15) is 0 Å². The van der Waals surface area contributed by atoms with Gasteiger partial charge in [0.1, 0.15) is 6.10 Å². The molecule has 0 aromatic heterocycles. The Morgan fingerprint density at radius 3 is 2.89 bits per heavy atom. The molecule has 1 aliphatic heterocycles. The summed E-state index contributed by atoms with van der Waals surface area (Å²) in [5.41, 5.74) is 3.14. The summed E-state index contributed by atoms with van der Waals surface area (Å²) in [5.74, 6) is 0.172. The first kappa shape index (κ1) is 12.0. The molecule has 4 atom stereocenters. The van der Waals surface area contributed by atoms with Gasteiger partial charge in [0, 0.05) is 11.0 Å². The van der Waals surface area contributed by atoms with E-state index in [0.29, 0.717) is 5.92 Å². The third kappa shape index (κ3) is 1.43. The van der Waals surface area contributed by atoms with E-state index in [-0.39, 0.29) is 23.6 Å². The molecule has 2 aliphatic carbocycles. The van der Waals surface area contributed by atoms with E-state index in [1.807, 2.05) is 6.92 Å². The second-order valence-electron chi connectivity index (χ2n) is 6.21. The maximum absolute atomic E-state index is 11.7. The van der Waals surface area contributed by atoms with Gasteiger partial charge < -0.3 is 9.84 Å². The van der Waals surface area contributed by atoms with Gasteiger partial charge in [-0.25, -0.2) is 4.79 Å². The van der Waals surface area contributed by atoms with E-state index >= 15 is 0 Å². The predicted octanol–water partition coefficient (Wildman–Crippen LogP) is 2.36. The van der Waals surface area contributed by atoms with Gasteiger partial charge in [0.25, 0.3) is 0 Å². The zero-order valence-corrected chi connectivity index (χ0v) is 11.2. The number of hydrogen-bond acceptors (Lipinski definition) is 3. The molecule has 18 heavy (non-hydrogen) atoms. The Hall–Kier alpha value is -1.09. The minimum Gasteiger partial charge on any atom is -0.454 e. The standard InChI is InChI=1S/C15H20O3/c1-8-4-5-13(16)15(3)7-12-10(6-11(8)15)9(2)14(17)18-12/h4,11-13,16H,5-7H2,1-3H3. The lowest BCUT2D eigenvalue weighted by Crippen LogP contribution is -2.48. The maximum atomic E-state index is 11.7. The molecule has 0 amide bonds. The lowest BCUT2D eigenvalue weighted by atomic mass is 9.57. The summed E-state index contributed by atoms with van der Waals surface area (Å²) in [6.45, 7) is 6.14. The van der Waals surface area contributed by atoms with E-state index in [9.17, 15) is 9.90 Å². The number of ether oxygens (including phenoxy) is 1. The Bertz CT molecular complexity index is 474. The molecule has 3 heteroatoms. The van der Waals surface area contributed by atoms with Crippen LogP contribution in [-0.4, -0.2) is 23.3 Å². The molecular weight excluding hydrogens is 228 g/mol. The van der Waals surface area contributed by atoms with Crippen molar-refractivity contribution in [2.45, 2.75) is 52.2 Å². The van der Waals surface area contributed by atoms with Crippen LogP contribution >= 0.6 is 0 Å². The van der Waals surface area contributed by atoms with Gasteiger partial charge in [-0.1, -0.05) is 18.6 Å². The van der Waals surface area contributed by atoms with E-state index in [4.69, 9.17) is 4.74 Å². The number of allylic oxidation sites excluding steroid dienone is 1. The molecule has 0 spiro atoms. The molecule has 1 saturated carbocycles. The Kier molecular flexibility index (Phi) is 2.46. The van der Waals surface area contributed by atoms with Gasteiger partial charge in [-0.05, 0) is 44.6 Å². The number of aliphatic hydroxyl groups is 1. The fraction of sp³-hybridized carbons (Fsp3) is 0.667. The Morgan fingerprint density at radius 2 is 2.17 bits per heavy atom. The van der Waals surface area contributed by atoms with E-state index < -0.39 is 0 Å². The molecule has 1 heterocycles. The van der Waals surface area contributed by atoms with Crippen LogP contribution in [0.4, 0.5) is 0 Å². The first-order valence-electron chi connectivity index (χ1n) is 6.69. The van der Waals surface area contributed by atoms with Crippen molar-refractivity contribution in [1.82, 2.24) is 0 Å². The van der Waals surface area contributed by atoms with Crippen LogP contribution in [0, 0.1) is 11.3 Å². The van der Waals surface area contributed by atoms with Crippen molar-refractivity contribution in [2.75, 3.05) is 0 Å². The highest BCUT2D eigenvalue weighted by molar-refractivity contribution is 5.91. The second-order valence-corrected chi connectivity index (χ2v) is 6.21. The topological polar surface area (TPSA) is 46.5 Å². The molecule has 0 aromatic carbocycles. The molecule has 0 radical (unpaired) electrons. The monoisotopic (exact) mass is 248 g/mol. The average Bonchev–Trinajstić information content (AvgIpc) is 2.58. The average molecular weight is 248 g/mol. The molecule has 98 valence electrons. The van der Waals surface area contributed by atoms with Crippen LogP contribution in [0.1, 0.15) is 40.0 Å². The van der Waals surface area contributed by atoms with E-state index in [1.54, 1.807) is 0 Å². The summed E-state index contributed by atoms with van der Waals surface area (Å²) in [6, 6.07) is 0. The van der Waals surface area contributed by atoms with Crippen molar-refractivity contribution in [1.29, 1.82) is 0 Å². The largest absolute Gasteiger partial charge is 0.454 e. The van der Waals surface area contributed by atoms with Crippen LogP contribution in [0.2, 0.25) is 0 Å². The van der Waals surface area contributed by atoms with Gasteiger partial charge in [0.2, 0.25) is 0 Å². The van der Waals surface area contributed by atoms with Crippen LogP contribution in [0.5, 0.6) is 0 Å². The van der Waals surface area contributed by atoms with E-state index in [2.05, 4.69) is 19.9 Å². The minimum atomic E-state index is -0.327. The van der Waals surface area contributed by atoms with Crippen molar-refractivity contribution in [3.05, 3.63) is 22.8 Å². The third-order valence-corrected chi connectivity index (χ3v) is 5.25. The van der Waals surface area contributed by atoms with Crippen LogP contribution in [0.25, 0.3) is 0 Å². The number of rotatable bonds is 0. The molecule has 1 N–H and O–H groups in total. The molecular formula is C15H20O3. The van der Waals surface area contributed by atoms with Crippen LogP contribution in [0.3, 0.4) is 0 Å². The highest BCUT2D eigenvalue weighted by Gasteiger charge is 2.52. The highest BCUT2D eigenvalue weighted by atomic mass is 16.5. The van der Waals surface area contributed by atoms with Crippen molar-refractivity contribution in [3.63, 3.8) is 0 Å². The summed E-state index contributed by atoms with van der Waals surface area (Å²) in [4.78, 5) is 11.7. The van der Waals surface area contributed by atoms with Crippen molar-refractivity contribution >= 4 is 5.97 Å². The maximum Gasteiger partial charge on any atom is 0.334 e. The molecule has 0 aromatic rings. The molecule has 3 rings (SSSR count). The second kappa shape index (κ2) is 3.70. The summed E-state index contributed by atoms with van der Waals surface area (Å²) in [7, 11) is 0. The number of carbonyl (C=O) groups is 1. The lowest BCUT2D eigenvalue weighted by molar-refractivity contribution is -0.143. The summed E-state index contributed by atoms with van der Waals surface area (Å²) in [5, 5.41) is 10.3. The van der Waals surface area contributed by atoms with Crippen LogP contribution in [0.15, 0.2) is 22.8 Å². The summed E-state index contributed by atoms with van der Waals surface area (Å²) < 4.78 is 5.43. The lowest BCUT2D eigenvalue weighted by Gasteiger charge is -2.49. The van der Waals surface area contributed by atoms with E-state index in [1.165, 1.54) is 5.57 Å². The third-order valence-electron chi connectivity index (χ3n) is 5.25. The van der Waals surface area contributed by atoms with Gasteiger partial charge in [0.05, 0.1) is 6.10 Å². The van der Waals surface area contributed by atoms with Crippen molar-refractivity contribution in [3.8, 4) is 0 Å². The van der Waals surface area contributed by atoms with Gasteiger partial charge in [-0.15, -0.1) is 0 Å². The fourth-order valence-corrected chi connectivity index (χ4v) is 3.86. The van der Waals surface area contributed by atoms with Crippen molar-refractivity contribution in [2.24, 2.45) is 11.3 Å². The summed E-state index contributed by atoms with van der Waals surface area (Å²) in [6.07, 6.45) is 4.05. The Morgan fingerprint density at radius 1 is 1.44 bits per heavy atom. The first-order chi connectivity index (χ1) is 8.43. The quantitative estimate of drug-likeness (QED) is 0.529. The Balaban J connectivity index is 2.02. The number of aliphatic hydroxyl groups excluding tert-OH is 1. The SMILES string of the molecule is CC1=CCC(O)C2(C)CC3OC(=O)C(C)=C3CC12. The van der Waals surface area contributed by atoms with Crippen LogP contribution in [-0.2, 0) is 9.53 Å².